The number of nitrogens with one attached hydrogen (secondary N) is 2. The highest BCUT2D eigenvalue weighted by atomic mass is 35.5. The second-order valence-electron chi connectivity index (χ2n) is 7.91. The number of rotatable bonds is 2. The Morgan fingerprint density at radius 3 is 2.61 bits per heavy atom. The summed E-state index contributed by atoms with van der Waals surface area (Å²) in [7, 11) is 1.30. The van der Waals surface area contributed by atoms with E-state index in [0.717, 1.165) is 17.1 Å². The number of allylic oxidation sites excluding steroid dienone is 1. The molecular formula is C23H21ClN2O5. The van der Waals surface area contributed by atoms with Crippen LogP contribution in [0, 0.1) is 11.8 Å². The molecule has 0 unspecified atom stereocenters. The first-order chi connectivity index (χ1) is 15.0. The van der Waals surface area contributed by atoms with Crippen molar-refractivity contribution < 1.29 is 23.8 Å². The van der Waals surface area contributed by atoms with E-state index in [9.17, 15) is 9.59 Å². The van der Waals surface area contributed by atoms with E-state index in [1.807, 2.05) is 31.2 Å². The average Bonchev–Trinajstić information content (AvgIpc) is 3.13. The van der Waals surface area contributed by atoms with Crippen molar-refractivity contribution in [2.24, 2.45) is 11.8 Å². The van der Waals surface area contributed by atoms with E-state index in [-0.39, 0.29) is 18.5 Å². The molecule has 0 amide bonds. The third kappa shape index (κ3) is 3.20. The van der Waals surface area contributed by atoms with Gasteiger partial charge >= 0.3 is 5.97 Å². The standard InChI is InChI=1S/C23H21ClN2O5/c1-11-7-16-20(22(27)19(11)23(28)29-2)21(26-15-6-4-3-5-14(15)25-16)12-8-17-18(9-13(12)24)31-10-30-17/h3-6,8-9,11,19,21,25-26H,7,10H2,1-2H3/t11-,19+,21+/m1/s1. The van der Waals surface area contributed by atoms with Crippen LogP contribution >= 0.6 is 11.6 Å². The maximum absolute atomic E-state index is 13.7. The molecule has 0 radical (unpaired) electrons. The van der Waals surface area contributed by atoms with Gasteiger partial charge in [-0.2, -0.15) is 0 Å². The van der Waals surface area contributed by atoms with E-state index in [4.69, 9.17) is 25.8 Å². The fourth-order valence-corrected chi connectivity index (χ4v) is 4.78. The Morgan fingerprint density at radius 1 is 1.16 bits per heavy atom. The maximum atomic E-state index is 13.7. The van der Waals surface area contributed by atoms with E-state index in [2.05, 4.69) is 10.6 Å². The van der Waals surface area contributed by atoms with Gasteiger partial charge in [0.25, 0.3) is 0 Å². The Morgan fingerprint density at radius 2 is 1.87 bits per heavy atom. The maximum Gasteiger partial charge on any atom is 0.316 e. The fourth-order valence-electron chi connectivity index (χ4n) is 4.52. The van der Waals surface area contributed by atoms with E-state index >= 15 is 0 Å². The lowest BCUT2D eigenvalue weighted by Crippen LogP contribution is -2.39. The molecule has 7 nitrogen and oxygen atoms in total. The van der Waals surface area contributed by atoms with Crippen molar-refractivity contribution in [3.05, 3.63) is 58.3 Å². The first-order valence-electron chi connectivity index (χ1n) is 10.0. The lowest BCUT2D eigenvalue weighted by Gasteiger charge is -2.32. The highest BCUT2D eigenvalue weighted by Gasteiger charge is 2.44. The molecule has 0 aromatic heterocycles. The molecule has 0 bridgehead atoms. The predicted molar refractivity (Wildman–Crippen MR) is 115 cm³/mol. The van der Waals surface area contributed by atoms with Crippen molar-refractivity contribution in [2.75, 3.05) is 24.5 Å². The van der Waals surface area contributed by atoms with Crippen molar-refractivity contribution in [3.63, 3.8) is 0 Å². The smallest absolute Gasteiger partial charge is 0.316 e. The molecule has 2 aliphatic heterocycles. The minimum atomic E-state index is -0.871. The highest BCUT2D eigenvalue weighted by molar-refractivity contribution is 6.32. The molecule has 2 heterocycles. The van der Waals surface area contributed by atoms with Gasteiger partial charge in [-0.15, -0.1) is 0 Å². The zero-order valence-corrected chi connectivity index (χ0v) is 17.8. The van der Waals surface area contributed by atoms with E-state index in [1.54, 1.807) is 12.1 Å². The van der Waals surface area contributed by atoms with Gasteiger partial charge in [0.05, 0.1) is 29.5 Å². The molecule has 8 heteroatoms. The summed E-state index contributed by atoms with van der Waals surface area (Å²) >= 11 is 6.63. The van der Waals surface area contributed by atoms with Crippen molar-refractivity contribution in [1.29, 1.82) is 0 Å². The number of esters is 1. The Balaban J connectivity index is 1.69. The van der Waals surface area contributed by atoms with Crippen LogP contribution in [0.2, 0.25) is 5.02 Å². The lowest BCUT2D eigenvalue weighted by atomic mass is 9.75. The summed E-state index contributed by atoms with van der Waals surface area (Å²) in [4.78, 5) is 26.1. The Labute approximate surface area is 184 Å². The number of methoxy groups -OCH3 is 1. The van der Waals surface area contributed by atoms with Crippen LogP contribution < -0.4 is 20.1 Å². The van der Waals surface area contributed by atoms with Crippen molar-refractivity contribution >= 4 is 34.7 Å². The zero-order valence-electron chi connectivity index (χ0n) is 17.0. The number of anilines is 2. The summed E-state index contributed by atoms with van der Waals surface area (Å²) < 4.78 is 15.9. The number of halogens is 1. The quantitative estimate of drug-likeness (QED) is 0.532. The van der Waals surface area contributed by atoms with Crippen molar-refractivity contribution in [3.8, 4) is 11.5 Å². The van der Waals surface area contributed by atoms with Crippen LogP contribution in [-0.4, -0.2) is 25.7 Å². The second-order valence-corrected chi connectivity index (χ2v) is 8.32. The van der Waals surface area contributed by atoms with Gasteiger partial charge in [0.15, 0.2) is 17.3 Å². The van der Waals surface area contributed by atoms with Crippen LogP contribution in [0.3, 0.4) is 0 Å². The molecule has 3 atom stereocenters. The van der Waals surface area contributed by atoms with Crippen LogP contribution in [0.4, 0.5) is 11.4 Å². The summed E-state index contributed by atoms with van der Waals surface area (Å²) in [5, 5.41) is 7.31. The number of Topliss-reactive ketones (excluding diaryl/α,β-unsaturated/α-hetero) is 1. The van der Waals surface area contributed by atoms with E-state index in [0.29, 0.717) is 34.1 Å². The summed E-state index contributed by atoms with van der Waals surface area (Å²) in [6.45, 7) is 2.00. The SMILES string of the molecule is COC(=O)[C@@H]1C(=O)C2=C(C[C@H]1C)Nc1ccccc1N[C@H]2c1cc2c(cc1Cl)OCO2. The first kappa shape index (κ1) is 19.8. The van der Waals surface area contributed by atoms with Crippen molar-refractivity contribution in [2.45, 2.75) is 19.4 Å². The fraction of sp³-hybridized carbons (Fsp3) is 0.304. The molecule has 2 aromatic carbocycles. The molecule has 2 N–H and O–H groups in total. The van der Waals surface area contributed by atoms with Crippen LogP contribution in [0.15, 0.2) is 47.7 Å². The third-order valence-corrected chi connectivity index (χ3v) is 6.35. The van der Waals surface area contributed by atoms with Gasteiger partial charge in [0.2, 0.25) is 6.79 Å². The molecule has 5 rings (SSSR count). The monoisotopic (exact) mass is 440 g/mol. The van der Waals surface area contributed by atoms with E-state index < -0.39 is 17.9 Å². The van der Waals surface area contributed by atoms with Gasteiger partial charge < -0.3 is 24.8 Å². The van der Waals surface area contributed by atoms with E-state index in [1.165, 1.54) is 7.11 Å². The minimum absolute atomic E-state index is 0.117. The van der Waals surface area contributed by atoms with Crippen molar-refractivity contribution in [1.82, 2.24) is 0 Å². The van der Waals surface area contributed by atoms with Crippen LogP contribution in [0.25, 0.3) is 0 Å². The number of ketones is 1. The highest BCUT2D eigenvalue weighted by Crippen LogP contribution is 2.47. The molecule has 0 fully saturated rings. The topological polar surface area (TPSA) is 85.9 Å². The van der Waals surface area contributed by atoms with Crippen LogP contribution in [0.5, 0.6) is 11.5 Å². The number of benzene rings is 2. The summed E-state index contributed by atoms with van der Waals surface area (Å²) in [5.41, 5.74) is 3.60. The Hall–Kier alpha value is -3.19. The van der Waals surface area contributed by atoms with Gasteiger partial charge in [-0.1, -0.05) is 30.7 Å². The molecule has 3 aliphatic rings. The number of fused-ring (bicyclic) bond motifs is 2. The molecule has 0 saturated heterocycles. The molecule has 160 valence electrons. The number of ether oxygens (including phenoxy) is 3. The van der Waals surface area contributed by atoms with Crippen LogP contribution in [0.1, 0.15) is 24.9 Å². The molecule has 31 heavy (non-hydrogen) atoms. The molecule has 0 spiro atoms. The summed E-state index contributed by atoms with van der Waals surface area (Å²) in [5.74, 6) is -0.747. The molecule has 1 aliphatic carbocycles. The first-order valence-corrected chi connectivity index (χ1v) is 10.4. The number of carbonyl (C=O) groups is 2. The molecular weight excluding hydrogens is 420 g/mol. The van der Waals surface area contributed by atoms with Gasteiger partial charge in [0, 0.05) is 22.9 Å². The Bertz CT molecular complexity index is 1130. The van der Waals surface area contributed by atoms with Crippen LogP contribution in [-0.2, 0) is 14.3 Å². The normalized spacial score (nSPS) is 23.8. The minimum Gasteiger partial charge on any atom is -0.468 e. The lowest BCUT2D eigenvalue weighted by molar-refractivity contribution is -0.151. The van der Waals surface area contributed by atoms with Gasteiger partial charge in [-0.05, 0) is 30.5 Å². The summed E-state index contributed by atoms with van der Waals surface area (Å²) in [6, 6.07) is 10.6. The predicted octanol–water partition coefficient (Wildman–Crippen LogP) is 4.30. The molecule has 2 aromatic rings. The third-order valence-electron chi connectivity index (χ3n) is 6.03. The largest absolute Gasteiger partial charge is 0.468 e. The zero-order chi connectivity index (χ0) is 21.7. The number of hydrogen-bond acceptors (Lipinski definition) is 7. The number of para-hydroxylation sites is 2. The van der Waals surface area contributed by atoms with Gasteiger partial charge in [-0.25, -0.2) is 0 Å². The number of hydrogen-bond donors (Lipinski definition) is 2. The molecule has 0 saturated carbocycles. The summed E-state index contributed by atoms with van der Waals surface area (Å²) in [6.07, 6.45) is 0.523. The second kappa shape index (κ2) is 7.50. The van der Waals surface area contributed by atoms with Gasteiger partial charge in [0.1, 0.15) is 5.92 Å². The average molecular weight is 441 g/mol. The Kier molecular flexibility index (Phi) is 4.78. The van der Waals surface area contributed by atoms with Gasteiger partial charge in [-0.3, -0.25) is 9.59 Å². The number of carbonyl (C=O) groups excluding carboxylic acids is 2.